The summed E-state index contributed by atoms with van der Waals surface area (Å²) in [5.41, 5.74) is 19.3. The van der Waals surface area contributed by atoms with Gasteiger partial charge in [0.25, 0.3) is 0 Å². The Morgan fingerprint density at radius 1 is 0.458 bits per heavy atom. The Morgan fingerprint density at radius 2 is 1.02 bits per heavy atom. The van der Waals surface area contributed by atoms with Crippen LogP contribution in [0.5, 0.6) is 0 Å². The van der Waals surface area contributed by atoms with E-state index in [0.29, 0.717) is 0 Å². The van der Waals surface area contributed by atoms with E-state index in [4.69, 9.17) is 0 Å². The molecule has 0 fully saturated rings. The maximum absolute atomic E-state index is 3.54. The first-order valence-corrected chi connectivity index (χ1v) is 20.7. The lowest BCUT2D eigenvalue weighted by Crippen LogP contribution is -2.14. The standard InChI is InChI=1S/C30H21N.C27H25N/c1-3-9-22(10-4-1)23-15-17-24(18-16-23)25-19-20-30-28(21-25)27-13-7-8-14-29(27)31(30)26-11-5-2-6-12-26;1-27(2)25-11-7-6-10-23(25)24-17-14-20(18-26(24)27)19-12-15-22(16-13-19)28-21-8-4-3-5-9-21/h1-21H;3-4,6-8,10-18,28H,5,9H2,1-2H3. The highest BCUT2D eigenvalue weighted by Gasteiger charge is 2.35. The molecule has 11 rings (SSSR count). The Hall–Kier alpha value is -7.16. The molecular weight excluding hydrogens is 713 g/mol. The predicted molar refractivity (Wildman–Crippen MR) is 251 cm³/mol. The van der Waals surface area contributed by atoms with Crippen molar-refractivity contribution in [3.63, 3.8) is 0 Å². The number of anilines is 1. The van der Waals surface area contributed by atoms with Crippen LogP contribution in [0.1, 0.15) is 37.8 Å². The van der Waals surface area contributed by atoms with Crippen LogP contribution < -0.4 is 5.32 Å². The Kier molecular flexibility index (Phi) is 9.39. The molecule has 1 heterocycles. The molecule has 0 bridgehead atoms. The van der Waals surface area contributed by atoms with Gasteiger partial charge in [-0.25, -0.2) is 0 Å². The molecule has 0 radical (unpaired) electrons. The van der Waals surface area contributed by atoms with Gasteiger partial charge in [0.15, 0.2) is 0 Å². The molecule has 0 atom stereocenters. The number of fused-ring (bicyclic) bond motifs is 6. The zero-order valence-corrected chi connectivity index (χ0v) is 33.6. The number of para-hydroxylation sites is 2. The lowest BCUT2D eigenvalue weighted by atomic mass is 9.81. The molecule has 8 aromatic carbocycles. The molecule has 284 valence electrons. The minimum atomic E-state index is 0.0460. The van der Waals surface area contributed by atoms with Crippen molar-refractivity contribution in [2.75, 3.05) is 5.32 Å². The molecule has 0 saturated carbocycles. The molecule has 2 nitrogen and oxygen atoms in total. The molecule has 2 heteroatoms. The van der Waals surface area contributed by atoms with E-state index in [-0.39, 0.29) is 5.41 Å². The molecule has 1 N–H and O–H groups in total. The van der Waals surface area contributed by atoms with Gasteiger partial charge in [-0.3, -0.25) is 0 Å². The van der Waals surface area contributed by atoms with Gasteiger partial charge in [0.1, 0.15) is 0 Å². The minimum absolute atomic E-state index is 0.0460. The van der Waals surface area contributed by atoms with Gasteiger partial charge in [0.2, 0.25) is 0 Å². The van der Waals surface area contributed by atoms with Crippen LogP contribution in [0.25, 0.3) is 72.0 Å². The Morgan fingerprint density at radius 3 is 1.76 bits per heavy atom. The van der Waals surface area contributed by atoms with Gasteiger partial charge in [-0.15, -0.1) is 0 Å². The minimum Gasteiger partial charge on any atom is -0.359 e. The molecule has 59 heavy (non-hydrogen) atoms. The second-order valence-electron chi connectivity index (χ2n) is 16.2. The number of allylic oxidation sites excluding steroid dienone is 4. The van der Waals surface area contributed by atoms with Crippen molar-refractivity contribution in [1.82, 2.24) is 4.57 Å². The molecule has 2 aliphatic rings. The van der Waals surface area contributed by atoms with Gasteiger partial charge in [0, 0.05) is 33.3 Å². The van der Waals surface area contributed by atoms with Crippen LogP contribution in [0.4, 0.5) is 5.69 Å². The summed E-state index contributed by atoms with van der Waals surface area (Å²) < 4.78 is 2.35. The zero-order valence-electron chi connectivity index (χ0n) is 33.6. The van der Waals surface area contributed by atoms with E-state index in [0.717, 1.165) is 18.5 Å². The summed E-state index contributed by atoms with van der Waals surface area (Å²) in [6.07, 6.45) is 8.70. The van der Waals surface area contributed by atoms with Gasteiger partial charge < -0.3 is 9.88 Å². The fraction of sp³-hybridized carbons (Fsp3) is 0.0877. The van der Waals surface area contributed by atoms with Crippen LogP contribution >= 0.6 is 0 Å². The normalized spacial score (nSPS) is 13.6. The molecular formula is C57H46N2. The molecule has 9 aromatic rings. The van der Waals surface area contributed by atoms with Crippen molar-refractivity contribution in [3.8, 4) is 50.2 Å². The summed E-state index contributed by atoms with van der Waals surface area (Å²) in [7, 11) is 0. The van der Waals surface area contributed by atoms with Crippen molar-refractivity contribution in [2.24, 2.45) is 0 Å². The number of rotatable bonds is 6. The third kappa shape index (κ3) is 6.87. The van der Waals surface area contributed by atoms with Crippen molar-refractivity contribution in [1.29, 1.82) is 0 Å². The number of nitrogens with zero attached hydrogens (tertiary/aromatic N) is 1. The monoisotopic (exact) mass is 758 g/mol. The van der Waals surface area contributed by atoms with Crippen LogP contribution in [0.3, 0.4) is 0 Å². The molecule has 0 spiro atoms. The average molecular weight is 759 g/mol. The number of hydrogen-bond acceptors (Lipinski definition) is 1. The second kappa shape index (κ2) is 15.3. The third-order valence-corrected chi connectivity index (χ3v) is 12.1. The smallest absolute Gasteiger partial charge is 0.0541 e. The summed E-state index contributed by atoms with van der Waals surface area (Å²) >= 11 is 0. The highest BCUT2D eigenvalue weighted by atomic mass is 15.0. The van der Waals surface area contributed by atoms with E-state index in [1.807, 2.05) is 0 Å². The summed E-state index contributed by atoms with van der Waals surface area (Å²) in [6, 6.07) is 70.0. The van der Waals surface area contributed by atoms with Gasteiger partial charge >= 0.3 is 0 Å². The highest BCUT2D eigenvalue weighted by Crippen LogP contribution is 2.49. The predicted octanol–water partition coefficient (Wildman–Crippen LogP) is 15.4. The van der Waals surface area contributed by atoms with Crippen molar-refractivity contribution >= 4 is 27.5 Å². The van der Waals surface area contributed by atoms with E-state index in [1.165, 1.54) is 88.8 Å². The Balaban J connectivity index is 0.000000143. The van der Waals surface area contributed by atoms with E-state index >= 15 is 0 Å². The summed E-state index contributed by atoms with van der Waals surface area (Å²) in [6.45, 7) is 4.67. The molecule has 0 unspecified atom stereocenters. The summed E-state index contributed by atoms with van der Waals surface area (Å²) in [5, 5.41) is 6.10. The van der Waals surface area contributed by atoms with E-state index in [9.17, 15) is 0 Å². The van der Waals surface area contributed by atoms with Crippen LogP contribution in [0, 0.1) is 0 Å². The zero-order chi connectivity index (χ0) is 39.8. The van der Waals surface area contributed by atoms with E-state index < -0.39 is 0 Å². The number of hydrogen-bond donors (Lipinski definition) is 1. The van der Waals surface area contributed by atoms with Crippen LogP contribution in [0.2, 0.25) is 0 Å². The van der Waals surface area contributed by atoms with E-state index in [2.05, 4.69) is 236 Å². The lowest BCUT2D eigenvalue weighted by molar-refractivity contribution is 0.660. The van der Waals surface area contributed by atoms with Crippen LogP contribution in [-0.4, -0.2) is 4.57 Å². The summed E-state index contributed by atoms with van der Waals surface area (Å²) in [4.78, 5) is 0. The molecule has 2 aliphatic carbocycles. The molecule has 0 saturated heterocycles. The first-order chi connectivity index (χ1) is 29.0. The highest BCUT2D eigenvalue weighted by molar-refractivity contribution is 6.10. The first kappa shape index (κ1) is 36.2. The van der Waals surface area contributed by atoms with Crippen LogP contribution in [-0.2, 0) is 5.41 Å². The largest absolute Gasteiger partial charge is 0.359 e. The van der Waals surface area contributed by atoms with Gasteiger partial charge in [-0.2, -0.15) is 0 Å². The third-order valence-electron chi connectivity index (χ3n) is 12.1. The fourth-order valence-electron chi connectivity index (χ4n) is 9.02. The second-order valence-corrected chi connectivity index (χ2v) is 16.2. The number of benzene rings is 8. The number of aromatic nitrogens is 1. The van der Waals surface area contributed by atoms with E-state index in [1.54, 1.807) is 0 Å². The Bertz CT molecular complexity index is 3000. The number of nitrogens with one attached hydrogen (secondary N) is 1. The maximum atomic E-state index is 3.54. The molecule has 0 amide bonds. The fourth-order valence-corrected chi connectivity index (χ4v) is 9.02. The SMILES string of the molecule is CC1(C)c2ccccc2-c2ccc(-c3ccc(NC4=CC=CCC4)cc3)cc21.c1ccc(-c2ccc(-c3ccc4c(c3)c3ccccc3n4-c3ccccc3)cc2)cc1. The quantitative estimate of drug-likeness (QED) is 0.179. The van der Waals surface area contributed by atoms with Crippen molar-refractivity contribution in [3.05, 3.63) is 229 Å². The van der Waals surface area contributed by atoms with Crippen LogP contribution in [0.15, 0.2) is 218 Å². The topological polar surface area (TPSA) is 17.0 Å². The van der Waals surface area contributed by atoms with Gasteiger partial charge in [-0.05, 0) is 123 Å². The maximum Gasteiger partial charge on any atom is 0.0541 e. The van der Waals surface area contributed by atoms with Crippen molar-refractivity contribution in [2.45, 2.75) is 32.1 Å². The van der Waals surface area contributed by atoms with Crippen molar-refractivity contribution < 1.29 is 0 Å². The van der Waals surface area contributed by atoms with Gasteiger partial charge in [-0.1, -0.05) is 172 Å². The first-order valence-electron chi connectivity index (χ1n) is 20.7. The lowest BCUT2D eigenvalue weighted by Gasteiger charge is -2.22. The average Bonchev–Trinajstić information content (AvgIpc) is 3.75. The Labute approximate surface area is 347 Å². The van der Waals surface area contributed by atoms with Gasteiger partial charge in [0.05, 0.1) is 11.0 Å². The molecule has 0 aliphatic heterocycles. The summed E-state index contributed by atoms with van der Waals surface area (Å²) in [5.74, 6) is 0. The molecule has 1 aromatic heterocycles.